The Morgan fingerprint density at radius 3 is 2.50 bits per heavy atom. The number of carboxylic acid groups (broad SMARTS) is 1. The topological polar surface area (TPSA) is 59.4 Å². The maximum absolute atomic E-state index is 10.9. The number of halogens is 1. The number of benzene rings is 1. The number of ether oxygens (including phenoxy) is 1. The molecule has 2 aromatic rings. The van der Waals surface area contributed by atoms with Crippen LogP contribution in [0, 0.1) is 0 Å². The molecule has 0 amide bonds. The number of hydrogen-bond donors (Lipinski definition) is 1. The zero-order chi connectivity index (χ0) is 12.3. The first kappa shape index (κ1) is 15.0. The van der Waals surface area contributed by atoms with Gasteiger partial charge in [0.2, 0.25) is 0 Å². The van der Waals surface area contributed by atoms with Gasteiger partial charge in [-0.15, -0.1) is 0 Å². The number of carboxylic acids is 1. The molecule has 0 unspecified atom stereocenters. The molecule has 6 heteroatoms. The Labute approximate surface area is 132 Å². The van der Waals surface area contributed by atoms with Crippen molar-refractivity contribution in [2.24, 2.45) is 0 Å². The van der Waals surface area contributed by atoms with Crippen molar-refractivity contribution in [3.8, 4) is 11.5 Å². The summed E-state index contributed by atoms with van der Waals surface area (Å²) in [7, 11) is 0. The Morgan fingerprint density at radius 2 is 1.89 bits per heavy atom. The molecule has 0 aliphatic rings. The molecular weight excluding hydrogens is 265 g/mol. The molecule has 0 saturated heterocycles. The van der Waals surface area contributed by atoms with Gasteiger partial charge in [-0.1, -0.05) is 11.6 Å². The standard InChI is InChI=1S/C12H8ClNO3.Na.H/c13-11-2-1-9(7-10(11)12(15)16)17-8-3-5-14-6-4-8;;/h1-7H,(H,15,16);;/q;+1;-1. The van der Waals surface area contributed by atoms with Gasteiger partial charge in [-0.05, 0) is 30.3 Å². The van der Waals surface area contributed by atoms with Gasteiger partial charge in [0.25, 0.3) is 0 Å². The molecule has 4 nitrogen and oxygen atoms in total. The number of hydrogen-bond acceptors (Lipinski definition) is 3. The normalized spacial score (nSPS) is 9.39. The average Bonchev–Trinajstić information content (AvgIpc) is 2.32. The first-order chi connectivity index (χ1) is 8.16. The monoisotopic (exact) mass is 273 g/mol. The molecule has 88 valence electrons. The second-order valence-corrected chi connectivity index (χ2v) is 3.64. The van der Waals surface area contributed by atoms with Crippen molar-refractivity contribution in [3.63, 3.8) is 0 Å². The summed E-state index contributed by atoms with van der Waals surface area (Å²) in [5.41, 5.74) is 0.0122. The summed E-state index contributed by atoms with van der Waals surface area (Å²) in [5, 5.41) is 9.09. The van der Waals surface area contributed by atoms with Crippen molar-refractivity contribution in [2.45, 2.75) is 0 Å². The van der Waals surface area contributed by atoms with Gasteiger partial charge in [0.15, 0.2) is 0 Å². The average molecular weight is 274 g/mol. The molecule has 1 aromatic heterocycles. The largest absolute Gasteiger partial charge is 1.00 e. The Morgan fingerprint density at radius 1 is 1.22 bits per heavy atom. The SMILES string of the molecule is O=C(O)c1cc(Oc2ccncc2)ccc1Cl.[H-].[Na+]. The van der Waals surface area contributed by atoms with Gasteiger partial charge in [-0.25, -0.2) is 4.79 Å². The van der Waals surface area contributed by atoms with Crippen LogP contribution >= 0.6 is 11.6 Å². The molecule has 0 aliphatic carbocycles. The Hall–Kier alpha value is -1.07. The summed E-state index contributed by atoms with van der Waals surface area (Å²) in [4.78, 5) is 14.7. The Balaban J connectivity index is 0.00000162. The first-order valence-electron chi connectivity index (χ1n) is 4.77. The van der Waals surface area contributed by atoms with E-state index in [4.69, 9.17) is 21.4 Å². The van der Waals surface area contributed by atoms with Gasteiger partial charge in [0, 0.05) is 12.4 Å². The van der Waals surface area contributed by atoms with E-state index >= 15 is 0 Å². The fourth-order valence-electron chi connectivity index (χ4n) is 1.27. The summed E-state index contributed by atoms with van der Waals surface area (Å²) >= 11 is 5.75. The first-order valence-corrected chi connectivity index (χ1v) is 5.15. The van der Waals surface area contributed by atoms with E-state index in [1.807, 2.05) is 0 Å². The van der Waals surface area contributed by atoms with E-state index in [0.29, 0.717) is 11.5 Å². The van der Waals surface area contributed by atoms with Gasteiger partial charge in [0.1, 0.15) is 11.5 Å². The van der Waals surface area contributed by atoms with Crippen LogP contribution in [0.1, 0.15) is 11.8 Å². The number of aromatic carboxylic acids is 1. The molecule has 0 spiro atoms. The van der Waals surface area contributed by atoms with Gasteiger partial charge in [-0.3, -0.25) is 4.98 Å². The van der Waals surface area contributed by atoms with Gasteiger partial charge < -0.3 is 11.3 Å². The van der Waals surface area contributed by atoms with Crippen LogP contribution in [0.25, 0.3) is 0 Å². The van der Waals surface area contributed by atoms with E-state index in [1.54, 1.807) is 30.6 Å². The Bertz CT molecular complexity index is 554. The number of aromatic nitrogens is 1. The molecule has 0 bridgehead atoms. The van der Waals surface area contributed by atoms with Crippen molar-refractivity contribution in [2.75, 3.05) is 0 Å². The second-order valence-electron chi connectivity index (χ2n) is 3.23. The van der Waals surface area contributed by atoms with Crippen LogP contribution < -0.4 is 34.3 Å². The summed E-state index contributed by atoms with van der Waals surface area (Å²) in [5.74, 6) is -0.0909. The number of pyridine rings is 1. The molecule has 1 heterocycles. The van der Waals surface area contributed by atoms with E-state index in [0.717, 1.165) is 0 Å². The maximum atomic E-state index is 10.9. The van der Waals surface area contributed by atoms with Crippen LogP contribution in [-0.2, 0) is 0 Å². The molecule has 2 rings (SSSR count). The van der Waals surface area contributed by atoms with Crippen molar-refractivity contribution < 1.29 is 45.6 Å². The molecule has 1 N–H and O–H groups in total. The number of nitrogens with zero attached hydrogens (tertiary/aromatic N) is 1. The third-order valence-electron chi connectivity index (χ3n) is 2.05. The van der Waals surface area contributed by atoms with Crippen LogP contribution in [0.4, 0.5) is 0 Å². The minimum absolute atomic E-state index is 0. The minimum Gasteiger partial charge on any atom is -1.00 e. The van der Waals surface area contributed by atoms with E-state index in [9.17, 15) is 4.79 Å². The van der Waals surface area contributed by atoms with Crippen LogP contribution in [0.15, 0.2) is 42.7 Å². The van der Waals surface area contributed by atoms with E-state index in [-0.39, 0.29) is 41.6 Å². The molecular formula is C12H9ClNNaO3. The summed E-state index contributed by atoms with van der Waals surface area (Å²) in [6, 6.07) is 7.83. The fourth-order valence-corrected chi connectivity index (χ4v) is 1.47. The molecule has 0 radical (unpaired) electrons. The van der Waals surface area contributed by atoms with Crippen LogP contribution in [0.5, 0.6) is 11.5 Å². The van der Waals surface area contributed by atoms with Crippen molar-refractivity contribution in [1.29, 1.82) is 0 Å². The molecule has 1 aromatic carbocycles. The summed E-state index contributed by atoms with van der Waals surface area (Å²) in [6.45, 7) is 0. The molecule has 0 aliphatic heterocycles. The zero-order valence-electron chi connectivity index (χ0n) is 10.6. The predicted octanol–water partition coefficient (Wildman–Crippen LogP) is 0.342. The van der Waals surface area contributed by atoms with E-state index in [2.05, 4.69) is 4.98 Å². The van der Waals surface area contributed by atoms with Gasteiger partial charge >= 0.3 is 35.5 Å². The Kier molecular flexibility index (Phi) is 5.62. The molecule has 0 fully saturated rings. The molecule has 0 saturated carbocycles. The molecule has 18 heavy (non-hydrogen) atoms. The van der Waals surface area contributed by atoms with E-state index < -0.39 is 5.97 Å². The predicted molar refractivity (Wildman–Crippen MR) is 63.8 cm³/mol. The van der Waals surface area contributed by atoms with Crippen LogP contribution in [-0.4, -0.2) is 16.1 Å². The van der Waals surface area contributed by atoms with Crippen LogP contribution in [0.2, 0.25) is 5.02 Å². The van der Waals surface area contributed by atoms with Crippen molar-refractivity contribution in [1.82, 2.24) is 4.98 Å². The summed E-state index contributed by atoms with van der Waals surface area (Å²) < 4.78 is 5.46. The fraction of sp³-hybridized carbons (Fsp3) is 0. The third kappa shape index (κ3) is 3.71. The van der Waals surface area contributed by atoms with E-state index in [1.165, 1.54) is 12.1 Å². The molecule has 0 atom stereocenters. The number of rotatable bonds is 3. The maximum Gasteiger partial charge on any atom is 1.00 e. The number of carbonyl (C=O) groups is 1. The summed E-state index contributed by atoms with van der Waals surface area (Å²) in [6.07, 6.45) is 3.17. The zero-order valence-corrected chi connectivity index (χ0v) is 12.4. The van der Waals surface area contributed by atoms with Gasteiger partial charge in [0.05, 0.1) is 10.6 Å². The quantitative estimate of drug-likeness (QED) is 0.820. The van der Waals surface area contributed by atoms with Crippen molar-refractivity contribution in [3.05, 3.63) is 53.3 Å². The second kappa shape index (κ2) is 6.75. The minimum atomic E-state index is -1.09. The smallest absolute Gasteiger partial charge is 1.00 e. The van der Waals surface area contributed by atoms with Gasteiger partial charge in [-0.2, -0.15) is 0 Å². The third-order valence-corrected chi connectivity index (χ3v) is 2.38. The van der Waals surface area contributed by atoms with Crippen LogP contribution in [0.3, 0.4) is 0 Å². The van der Waals surface area contributed by atoms with Crippen molar-refractivity contribution >= 4 is 17.6 Å².